The van der Waals surface area contributed by atoms with Crippen molar-refractivity contribution in [2.75, 3.05) is 12.8 Å². The van der Waals surface area contributed by atoms with Gasteiger partial charge in [0.25, 0.3) is 10.0 Å². The quantitative estimate of drug-likeness (QED) is 0.853. The summed E-state index contributed by atoms with van der Waals surface area (Å²) in [5.74, 6) is 0.765. The molecule has 0 fully saturated rings. The highest BCUT2D eigenvalue weighted by Crippen LogP contribution is 2.40. The van der Waals surface area contributed by atoms with Gasteiger partial charge in [0.15, 0.2) is 0 Å². The number of rotatable bonds is 2. The molecule has 2 rings (SSSR count). The fraction of sp³-hybridized carbons (Fsp3) is 0.462. The molecule has 20 heavy (non-hydrogen) atoms. The van der Waals surface area contributed by atoms with E-state index in [1.54, 1.807) is 0 Å². The molecule has 5 nitrogen and oxygen atoms in total. The Morgan fingerprint density at radius 1 is 1.30 bits per heavy atom. The van der Waals surface area contributed by atoms with Gasteiger partial charge in [-0.25, -0.2) is 13.4 Å². The zero-order valence-electron chi connectivity index (χ0n) is 11.9. The van der Waals surface area contributed by atoms with Crippen molar-refractivity contribution in [1.82, 2.24) is 4.31 Å². The van der Waals surface area contributed by atoms with E-state index in [0.717, 1.165) is 0 Å². The summed E-state index contributed by atoms with van der Waals surface area (Å²) in [4.78, 5) is 4.52. The number of halogens is 1. The van der Waals surface area contributed by atoms with Gasteiger partial charge >= 0.3 is 0 Å². The van der Waals surface area contributed by atoms with Gasteiger partial charge in [-0.3, -0.25) is 4.31 Å². The van der Waals surface area contributed by atoms with Gasteiger partial charge < -0.3 is 5.73 Å². The lowest BCUT2D eigenvalue weighted by molar-refractivity contribution is 0.483. The molecule has 0 saturated heterocycles. The van der Waals surface area contributed by atoms with Gasteiger partial charge in [-0.05, 0) is 18.1 Å². The van der Waals surface area contributed by atoms with Crippen molar-refractivity contribution in [3.8, 4) is 0 Å². The molecule has 0 aromatic heterocycles. The second-order valence-electron chi connectivity index (χ2n) is 5.32. The highest BCUT2D eigenvalue weighted by atomic mass is 35.5. The van der Waals surface area contributed by atoms with E-state index in [9.17, 15) is 8.42 Å². The van der Waals surface area contributed by atoms with Crippen molar-refractivity contribution in [3.63, 3.8) is 0 Å². The van der Waals surface area contributed by atoms with Crippen molar-refractivity contribution in [2.45, 2.75) is 25.7 Å². The molecule has 1 heterocycles. The summed E-state index contributed by atoms with van der Waals surface area (Å²) in [7, 11) is -2.15. The van der Waals surface area contributed by atoms with E-state index in [-0.39, 0.29) is 33.1 Å². The second-order valence-corrected chi connectivity index (χ2v) is 7.69. The third kappa shape index (κ3) is 2.27. The molecule has 0 radical (unpaired) electrons. The summed E-state index contributed by atoms with van der Waals surface area (Å²) in [6.07, 6.45) is 0. The molecule has 1 aromatic carbocycles. The highest BCUT2D eigenvalue weighted by Gasteiger charge is 2.35. The van der Waals surface area contributed by atoms with Crippen molar-refractivity contribution < 1.29 is 8.42 Å². The molecule has 0 saturated carbocycles. The number of hydrogen-bond donors (Lipinski definition) is 1. The molecule has 1 aromatic rings. The predicted molar refractivity (Wildman–Crippen MR) is 81.9 cm³/mol. The van der Waals surface area contributed by atoms with Crippen molar-refractivity contribution in [2.24, 2.45) is 16.8 Å². The number of nitrogens with zero attached hydrogens (tertiary/aromatic N) is 2. The smallest absolute Gasteiger partial charge is 0.267 e. The number of aliphatic imine (C=N–C) groups is 1. The van der Waals surface area contributed by atoms with Crippen LogP contribution in [0.2, 0.25) is 5.02 Å². The van der Waals surface area contributed by atoms with Gasteiger partial charge in [0, 0.05) is 18.0 Å². The number of sulfonamides is 1. The van der Waals surface area contributed by atoms with Gasteiger partial charge in [0.1, 0.15) is 16.4 Å². The first kappa shape index (κ1) is 15.1. The van der Waals surface area contributed by atoms with Crippen LogP contribution in [0.5, 0.6) is 0 Å². The number of amidine groups is 1. The molecular formula is C13H18ClN3O2S. The van der Waals surface area contributed by atoms with E-state index >= 15 is 0 Å². The number of anilines is 1. The maximum Gasteiger partial charge on any atom is 0.267 e. The van der Waals surface area contributed by atoms with Crippen molar-refractivity contribution >= 4 is 38.8 Å². The second kappa shape index (κ2) is 4.93. The zero-order chi connectivity index (χ0) is 15.2. The Hall–Kier alpha value is -1.27. The number of nitrogens with two attached hydrogens (primary N) is 1. The minimum Gasteiger partial charge on any atom is -0.397 e. The molecular weight excluding hydrogens is 298 g/mol. The molecule has 1 atom stereocenters. The molecule has 2 N–H and O–H groups in total. The van der Waals surface area contributed by atoms with Crippen LogP contribution in [0.25, 0.3) is 0 Å². The summed E-state index contributed by atoms with van der Waals surface area (Å²) >= 11 is 5.89. The average Bonchev–Trinajstić information content (AvgIpc) is 2.34. The minimum atomic E-state index is -3.66. The standard InChI is InChI=1S/C13H18ClN3O2S/c1-7(2)8(3)13-16-12-10(15)5-9(14)6-11(12)20(18,19)17(13)4/h5-8H,15H2,1-4H3. The molecule has 7 heteroatoms. The number of benzene rings is 1. The van der Waals surface area contributed by atoms with Crippen LogP contribution in [0.1, 0.15) is 20.8 Å². The van der Waals surface area contributed by atoms with Gasteiger partial charge in [-0.2, -0.15) is 0 Å². The maximum atomic E-state index is 12.6. The minimum absolute atomic E-state index is 0.00185. The Kier molecular flexibility index (Phi) is 3.73. The molecule has 0 amide bonds. The van der Waals surface area contributed by atoms with Crippen LogP contribution in [0.3, 0.4) is 0 Å². The third-order valence-electron chi connectivity index (χ3n) is 3.66. The first-order valence-electron chi connectivity index (χ1n) is 6.32. The molecule has 0 spiro atoms. The lowest BCUT2D eigenvalue weighted by Gasteiger charge is -2.31. The van der Waals surface area contributed by atoms with Gasteiger partial charge in [-0.1, -0.05) is 32.4 Å². The van der Waals surface area contributed by atoms with Crippen LogP contribution in [0, 0.1) is 11.8 Å². The first-order chi connectivity index (χ1) is 9.16. The number of fused-ring (bicyclic) bond motifs is 1. The van der Waals surface area contributed by atoms with Crippen LogP contribution in [0.4, 0.5) is 11.4 Å². The summed E-state index contributed by atoms with van der Waals surface area (Å²) < 4.78 is 26.4. The van der Waals surface area contributed by atoms with E-state index in [0.29, 0.717) is 5.84 Å². The van der Waals surface area contributed by atoms with Crippen molar-refractivity contribution in [3.05, 3.63) is 17.2 Å². The van der Waals surface area contributed by atoms with E-state index in [2.05, 4.69) is 4.99 Å². The predicted octanol–water partition coefficient (Wildman–Crippen LogP) is 2.88. The molecule has 1 aliphatic rings. The molecule has 110 valence electrons. The lowest BCUT2D eigenvalue weighted by atomic mass is 9.96. The van der Waals surface area contributed by atoms with E-state index in [1.807, 2.05) is 20.8 Å². The molecule has 0 bridgehead atoms. The largest absolute Gasteiger partial charge is 0.397 e. The highest BCUT2D eigenvalue weighted by molar-refractivity contribution is 7.90. The topological polar surface area (TPSA) is 75.8 Å². The fourth-order valence-electron chi connectivity index (χ4n) is 2.05. The fourth-order valence-corrected chi connectivity index (χ4v) is 3.78. The maximum absolute atomic E-state index is 12.6. The van der Waals surface area contributed by atoms with Crippen molar-refractivity contribution in [1.29, 1.82) is 0 Å². The SMILES string of the molecule is CC(C)C(C)C1=Nc2c(N)cc(Cl)cc2S(=O)(=O)N1C. The van der Waals surface area contributed by atoms with Crippen LogP contribution in [0.15, 0.2) is 22.0 Å². The van der Waals surface area contributed by atoms with E-state index in [1.165, 1.54) is 23.5 Å². The van der Waals surface area contributed by atoms with Gasteiger partial charge in [-0.15, -0.1) is 0 Å². The monoisotopic (exact) mass is 315 g/mol. The first-order valence-corrected chi connectivity index (χ1v) is 8.14. The van der Waals surface area contributed by atoms with Crippen LogP contribution >= 0.6 is 11.6 Å². The third-order valence-corrected chi connectivity index (χ3v) is 5.66. The Bertz CT molecular complexity index is 683. The zero-order valence-corrected chi connectivity index (χ0v) is 13.5. The Morgan fingerprint density at radius 2 is 1.90 bits per heavy atom. The average molecular weight is 316 g/mol. The number of nitrogen functional groups attached to an aromatic ring is 1. The van der Waals surface area contributed by atoms with Crippen LogP contribution in [-0.4, -0.2) is 25.6 Å². The Morgan fingerprint density at radius 3 is 2.45 bits per heavy atom. The van der Waals surface area contributed by atoms with E-state index < -0.39 is 10.0 Å². The molecule has 1 aliphatic heterocycles. The summed E-state index contributed by atoms with van der Waals surface area (Å²) in [6, 6.07) is 2.90. The molecule has 0 aliphatic carbocycles. The normalized spacial score (nSPS) is 18.7. The van der Waals surface area contributed by atoms with Crippen LogP contribution < -0.4 is 5.73 Å². The van der Waals surface area contributed by atoms with Gasteiger partial charge in [0.05, 0.1) is 5.69 Å². The summed E-state index contributed by atoms with van der Waals surface area (Å²) in [5.41, 5.74) is 6.44. The Balaban J connectivity index is 2.74. The lowest BCUT2D eigenvalue weighted by Crippen LogP contribution is -2.40. The number of hydrogen-bond acceptors (Lipinski definition) is 4. The summed E-state index contributed by atoms with van der Waals surface area (Å²) in [6.45, 7) is 6.00. The van der Waals surface area contributed by atoms with Crippen LogP contribution in [-0.2, 0) is 10.0 Å². The van der Waals surface area contributed by atoms with Gasteiger partial charge in [0.2, 0.25) is 0 Å². The summed E-state index contributed by atoms with van der Waals surface area (Å²) in [5, 5.41) is 0.286. The Labute approximate surface area is 124 Å². The van der Waals surface area contributed by atoms with E-state index in [4.69, 9.17) is 17.3 Å². The molecule has 1 unspecified atom stereocenters.